The Morgan fingerprint density at radius 2 is 2.13 bits per heavy atom. The van der Waals surface area contributed by atoms with E-state index in [-0.39, 0.29) is 36.1 Å². The number of carbonyl (C=O) groups is 3. The molecule has 0 aliphatic carbocycles. The molecule has 0 radical (unpaired) electrons. The van der Waals surface area contributed by atoms with Crippen LogP contribution in [0.2, 0.25) is 10.0 Å². The monoisotopic (exact) mass is 359 g/mol. The minimum absolute atomic E-state index is 0.0306. The Bertz CT molecular complexity index is 638. The Labute approximate surface area is 142 Å². The summed E-state index contributed by atoms with van der Waals surface area (Å²) in [5.74, 6) is -1.25. The standard InChI is InChI=1S/C14H15Cl2N3O4/c1-23-5-4-19-12(20)7-11(14(19)22)17-18-13(21)9-3-2-8(15)6-10(9)16/h2-3,6,11,17H,4-5,7H2,1H3,(H,18,21)/t11-/m0/s1. The predicted octanol–water partition coefficient (Wildman–Crippen LogP) is 1.00. The maximum atomic E-state index is 12.1. The maximum absolute atomic E-state index is 12.1. The molecule has 0 unspecified atom stereocenters. The highest BCUT2D eigenvalue weighted by molar-refractivity contribution is 6.36. The maximum Gasteiger partial charge on any atom is 0.266 e. The van der Waals surface area contributed by atoms with Crippen molar-refractivity contribution in [1.82, 2.24) is 15.8 Å². The molecular formula is C14H15Cl2N3O4. The zero-order valence-electron chi connectivity index (χ0n) is 12.3. The minimum Gasteiger partial charge on any atom is -0.383 e. The molecule has 1 fully saturated rings. The lowest BCUT2D eigenvalue weighted by Gasteiger charge is -2.15. The van der Waals surface area contributed by atoms with E-state index in [1.165, 1.54) is 25.3 Å². The first kappa shape index (κ1) is 17.7. The molecule has 2 N–H and O–H groups in total. The zero-order chi connectivity index (χ0) is 17.0. The van der Waals surface area contributed by atoms with Crippen LogP contribution in [0.3, 0.4) is 0 Å². The Morgan fingerprint density at radius 1 is 1.39 bits per heavy atom. The van der Waals surface area contributed by atoms with Crippen LogP contribution in [-0.4, -0.2) is 48.9 Å². The molecule has 1 aliphatic heterocycles. The minimum atomic E-state index is -0.811. The third kappa shape index (κ3) is 4.20. The van der Waals surface area contributed by atoms with Crippen LogP contribution in [0.4, 0.5) is 0 Å². The average molecular weight is 360 g/mol. The van der Waals surface area contributed by atoms with E-state index in [1.807, 2.05) is 0 Å². The van der Waals surface area contributed by atoms with Gasteiger partial charge in [-0.05, 0) is 18.2 Å². The number of benzene rings is 1. The van der Waals surface area contributed by atoms with Crippen LogP contribution in [0.25, 0.3) is 0 Å². The quantitative estimate of drug-likeness (QED) is 0.584. The number of hydrazine groups is 1. The number of ether oxygens (including phenoxy) is 1. The third-order valence-corrected chi connectivity index (χ3v) is 3.85. The van der Waals surface area contributed by atoms with Gasteiger partial charge in [0, 0.05) is 12.1 Å². The molecule has 0 aromatic heterocycles. The van der Waals surface area contributed by atoms with Gasteiger partial charge in [-0.25, -0.2) is 5.43 Å². The smallest absolute Gasteiger partial charge is 0.266 e. The number of rotatable bonds is 6. The summed E-state index contributed by atoms with van der Waals surface area (Å²) < 4.78 is 4.85. The molecule has 1 saturated heterocycles. The van der Waals surface area contributed by atoms with Crippen LogP contribution in [-0.2, 0) is 14.3 Å². The average Bonchev–Trinajstić information content (AvgIpc) is 2.77. The Hall–Kier alpha value is -1.67. The van der Waals surface area contributed by atoms with Gasteiger partial charge in [0.2, 0.25) is 11.8 Å². The van der Waals surface area contributed by atoms with Crippen molar-refractivity contribution >= 4 is 40.9 Å². The second-order valence-corrected chi connectivity index (χ2v) is 5.70. The number of methoxy groups -OCH3 is 1. The van der Waals surface area contributed by atoms with Gasteiger partial charge in [0.25, 0.3) is 5.91 Å². The van der Waals surface area contributed by atoms with E-state index in [2.05, 4.69) is 10.9 Å². The predicted molar refractivity (Wildman–Crippen MR) is 84.1 cm³/mol. The zero-order valence-corrected chi connectivity index (χ0v) is 13.8. The molecule has 124 valence electrons. The van der Waals surface area contributed by atoms with E-state index in [0.29, 0.717) is 5.02 Å². The van der Waals surface area contributed by atoms with Gasteiger partial charge in [0.05, 0.1) is 30.2 Å². The van der Waals surface area contributed by atoms with Crippen LogP contribution in [0.15, 0.2) is 18.2 Å². The fraction of sp³-hybridized carbons (Fsp3) is 0.357. The number of imide groups is 1. The van der Waals surface area contributed by atoms with Gasteiger partial charge < -0.3 is 4.74 Å². The molecular weight excluding hydrogens is 345 g/mol. The molecule has 23 heavy (non-hydrogen) atoms. The van der Waals surface area contributed by atoms with Gasteiger partial charge >= 0.3 is 0 Å². The summed E-state index contributed by atoms with van der Waals surface area (Å²) in [6.45, 7) is 0.445. The summed E-state index contributed by atoms with van der Waals surface area (Å²) in [6, 6.07) is 3.62. The Kier molecular flexibility index (Phi) is 5.95. The number of amides is 3. The molecule has 1 aromatic carbocycles. The van der Waals surface area contributed by atoms with Crippen LogP contribution in [0.5, 0.6) is 0 Å². The van der Waals surface area contributed by atoms with Crippen LogP contribution >= 0.6 is 23.2 Å². The summed E-state index contributed by atoms with van der Waals surface area (Å²) in [5, 5.41) is 0.595. The number of likely N-dealkylation sites (tertiary alicyclic amines) is 1. The first-order valence-corrected chi connectivity index (χ1v) is 7.53. The van der Waals surface area contributed by atoms with Crippen molar-refractivity contribution in [3.05, 3.63) is 33.8 Å². The molecule has 7 nitrogen and oxygen atoms in total. The van der Waals surface area contributed by atoms with Crippen molar-refractivity contribution in [3.63, 3.8) is 0 Å². The van der Waals surface area contributed by atoms with Crippen LogP contribution in [0, 0.1) is 0 Å². The molecule has 1 aliphatic rings. The largest absolute Gasteiger partial charge is 0.383 e. The van der Waals surface area contributed by atoms with E-state index in [1.54, 1.807) is 0 Å². The highest BCUT2D eigenvalue weighted by Gasteiger charge is 2.38. The van der Waals surface area contributed by atoms with E-state index in [4.69, 9.17) is 27.9 Å². The van der Waals surface area contributed by atoms with Crippen molar-refractivity contribution in [3.8, 4) is 0 Å². The van der Waals surface area contributed by atoms with Gasteiger partial charge in [-0.1, -0.05) is 23.2 Å². The summed E-state index contributed by atoms with van der Waals surface area (Å²) >= 11 is 11.7. The first-order chi connectivity index (χ1) is 10.9. The lowest BCUT2D eigenvalue weighted by molar-refractivity contribution is -0.139. The van der Waals surface area contributed by atoms with Crippen molar-refractivity contribution < 1.29 is 19.1 Å². The highest BCUT2D eigenvalue weighted by Crippen LogP contribution is 2.20. The number of nitrogens with zero attached hydrogens (tertiary/aromatic N) is 1. The molecule has 0 saturated carbocycles. The summed E-state index contributed by atoms with van der Waals surface area (Å²) in [5.41, 5.74) is 5.15. The van der Waals surface area contributed by atoms with Gasteiger partial charge in [-0.2, -0.15) is 0 Å². The topological polar surface area (TPSA) is 87.7 Å². The van der Waals surface area contributed by atoms with Gasteiger partial charge in [-0.15, -0.1) is 0 Å². The summed E-state index contributed by atoms with van der Waals surface area (Å²) in [7, 11) is 1.48. The fourth-order valence-corrected chi connectivity index (χ4v) is 2.60. The van der Waals surface area contributed by atoms with E-state index in [0.717, 1.165) is 4.90 Å². The molecule has 0 bridgehead atoms. The SMILES string of the molecule is COCCN1C(=O)C[C@H](NNC(=O)c2ccc(Cl)cc2Cl)C1=O. The molecule has 1 heterocycles. The first-order valence-electron chi connectivity index (χ1n) is 6.78. The normalized spacial score (nSPS) is 17.7. The molecule has 9 heteroatoms. The lowest BCUT2D eigenvalue weighted by atomic mass is 10.2. The highest BCUT2D eigenvalue weighted by atomic mass is 35.5. The summed E-state index contributed by atoms with van der Waals surface area (Å²) in [4.78, 5) is 37.0. The third-order valence-electron chi connectivity index (χ3n) is 3.30. The molecule has 0 spiro atoms. The number of halogens is 2. The van der Waals surface area contributed by atoms with E-state index < -0.39 is 17.9 Å². The number of carbonyl (C=O) groups excluding carboxylic acids is 3. The molecule has 2 rings (SSSR count). The molecule has 1 atom stereocenters. The number of hydrogen-bond acceptors (Lipinski definition) is 5. The molecule has 1 aromatic rings. The van der Waals surface area contributed by atoms with Crippen molar-refractivity contribution in [2.75, 3.05) is 20.3 Å². The summed E-state index contributed by atoms with van der Waals surface area (Å²) in [6.07, 6.45) is -0.0306. The second-order valence-electron chi connectivity index (χ2n) is 4.86. The molecule has 3 amide bonds. The number of hydrogen-bond donors (Lipinski definition) is 2. The van der Waals surface area contributed by atoms with Crippen molar-refractivity contribution in [2.24, 2.45) is 0 Å². The van der Waals surface area contributed by atoms with Crippen molar-refractivity contribution in [1.29, 1.82) is 0 Å². The lowest BCUT2D eigenvalue weighted by Crippen LogP contribution is -2.48. The van der Waals surface area contributed by atoms with Gasteiger partial charge in [0.1, 0.15) is 6.04 Å². The van der Waals surface area contributed by atoms with E-state index >= 15 is 0 Å². The van der Waals surface area contributed by atoms with Crippen molar-refractivity contribution in [2.45, 2.75) is 12.5 Å². The Balaban J connectivity index is 1.94. The van der Waals surface area contributed by atoms with Crippen LogP contribution < -0.4 is 10.9 Å². The fourth-order valence-electron chi connectivity index (χ4n) is 2.11. The van der Waals surface area contributed by atoms with E-state index in [9.17, 15) is 14.4 Å². The van der Waals surface area contributed by atoms with Gasteiger partial charge in [0.15, 0.2) is 0 Å². The number of nitrogens with one attached hydrogen (secondary N) is 2. The van der Waals surface area contributed by atoms with Crippen LogP contribution in [0.1, 0.15) is 16.8 Å². The Morgan fingerprint density at radius 3 is 2.78 bits per heavy atom. The van der Waals surface area contributed by atoms with Gasteiger partial charge in [-0.3, -0.25) is 24.7 Å². The second kappa shape index (κ2) is 7.74.